The number of likely N-dealkylation sites (tertiary alicyclic amines) is 1. The summed E-state index contributed by atoms with van der Waals surface area (Å²) in [5, 5.41) is 3.72. The van der Waals surface area contributed by atoms with Crippen LogP contribution >= 0.6 is 0 Å². The molecular weight excluding hydrogens is 224 g/mol. The number of hydrogen-bond donors (Lipinski definition) is 1. The monoisotopic (exact) mass is 254 g/mol. The van der Waals surface area contributed by atoms with E-state index in [-0.39, 0.29) is 0 Å². The Balaban J connectivity index is 1.60. The Kier molecular flexibility index (Phi) is 5.46. The van der Waals surface area contributed by atoms with Crippen molar-refractivity contribution in [2.45, 2.75) is 64.7 Å². The van der Waals surface area contributed by atoms with Crippen LogP contribution in [-0.4, -0.2) is 49.3 Å². The zero-order valence-electron chi connectivity index (χ0n) is 12.3. The molecule has 0 saturated carbocycles. The van der Waals surface area contributed by atoms with Gasteiger partial charge in [-0.2, -0.15) is 0 Å². The van der Waals surface area contributed by atoms with Gasteiger partial charge in [0.15, 0.2) is 0 Å². The third-order valence-electron chi connectivity index (χ3n) is 4.43. The van der Waals surface area contributed by atoms with Gasteiger partial charge in [0.1, 0.15) is 0 Å². The number of rotatable bonds is 4. The van der Waals surface area contributed by atoms with Crippen molar-refractivity contribution in [3.8, 4) is 0 Å². The fraction of sp³-hybridized carbons (Fsp3) is 1.00. The summed E-state index contributed by atoms with van der Waals surface area (Å²) in [6, 6.07) is 0.660. The molecule has 18 heavy (non-hydrogen) atoms. The van der Waals surface area contributed by atoms with Crippen LogP contribution in [-0.2, 0) is 4.74 Å². The topological polar surface area (TPSA) is 24.5 Å². The molecule has 2 unspecified atom stereocenters. The van der Waals surface area contributed by atoms with Crippen LogP contribution in [0.1, 0.15) is 46.5 Å². The van der Waals surface area contributed by atoms with E-state index in [1.807, 2.05) is 0 Å². The molecule has 2 heterocycles. The molecule has 0 aliphatic carbocycles. The van der Waals surface area contributed by atoms with E-state index in [4.69, 9.17) is 4.74 Å². The van der Waals surface area contributed by atoms with Gasteiger partial charge in [0.2, 0.25) is 0 Å². The maximum atomic E-state index is 5.77. The Labute approximate surface area is 112 Å². The average molecular weight is 254 g/mol. The molecule has 0 aromatic carbocycles. The summed E-state index contributed by atoms with van der Waals surface area (Å²) in [4.78, 5) is 2.61. The molecule has 0 radical (unpaired) electrons. The van der Waals surface area contributed by atoms with Crippen molar-refractivity contribution >= 4 is 0 Å². The van der Waals surface area contributed by atoms with Gasteiger partial charge in [-0.15, -0.1) is 0 Å². The van der Waals surface area contributed by atoms with Gasteiger partial charge in [-0.3, -0.25) is 0 Å². The van der Waals surface area contributed by atoms with Crippen molar-refractivity contribution in [2.24, 2.45) is 5.92 Å². The summed E-state index contributed by atoms with van der Waals surface area (Å²) in [7, 11) is 0. The predicted octanol–water partition coefficient (Wildman–Crippen LogP) is 2.26. The van der Waals surface area contributed by atoms with E-state index in [9.17, 15) is 0 Å². The molecule has 0 aromatic heterocycles. The molecule has 3 nitrogen and oxygen atoms in total. The Hall–Kier alpha value is -0.120. The second-order valence-electron chi connectivity index (χ2n) is 6.40. The maximum Gasteiger partial charge on any atom is 0.0565 e. The molecule has 3 heteroatoms. The zero-order valence-corrected chi connectivity index (χ0v) is 12.3. The largest absolute Gasteiger partial charge is 0.375 e. The predicted molar refractivity (Wildman–Crippen MR) is 75.9 cm³/mol. The van der Waals surface area contributed by atoms with Crippen LogP contribution in [0.4, 0.5) is 0 Å². The van der Waals surface area contributed by atoms with Gasteiger partial charge in [0, 0.05) is 19.1 Å². The maximum absolute atomic E-state index is 5.77. The molecule has 2 rings (SSSR count). The van der Waals surface area contributed by atoms with Gasteiger partial charge in [-0.05, 0) is 58.5 Å². The highest BCUT2D eigenvalue weighted by Gasteiger charge is 2.24. The summed E-state index contributed by atoms with van der Waals surface area (Å²) in [6.45, 7) is 11.7. The third kappa shape index (κ3) is 4.52. The lowest BCUT2D eigenvalue weighted by Gasteiger charge is -2.34. The van der Waals surface area contributed by atoms with E-state index >= 15 is 0 Å². The number of nitrogens with zero attached hydrogens (tertiary/aromatic N) is 1. The smallest absolute Gasteiger partial charge is 0.0565 e. The van der Waals surface area contributed by atoms with Crippen LogP contribution < -0.4 is 5.32 Å². The minimum Gasteiger partial charge on any atom is -0.375 e. The summed E-state index contributed by atoms with van der Waals surface area (Å²) in [5.41, 5.74) is 0. The highest BCUT2D eigenvalue weighted by atomic mass is 16.5. The first-order valence-corrected chi connectivity index (χ1v) is 7.74. The lowest BCUT2D eigenvalue weighted by atomic mass is 9.99. The quantitative estimate of drug-likeness (QED) is 0.833. The summed E-state index contributed by atoms with van der Waals surface area (Å²) >= 11 is 0. The first-order valence-electron chi connectivity index (χ1n) is 7.74. The first kappa shape index (κ1) is 14.3. The molecule has 0 amide bonds. The molecule has 2 aliphatic heterocycles. The van der Waals surface area contributed by atoms with Crippen LogP contribution in [0.3, 0.4) is 0 Å². The first-order chi connectivity index (χ1) is 8.63. The highest BCUT2D eigenvalue weighted by Crippen LogP contribution is 2.19. The van der Waals surface area contributed by atoms with Crippen LogP contribution in [0.2, 0.25) is 0 Å². The Bertz CT molecular complexity index is 229. The SMILES string of the molecule is CC1CCN(CCNC2CC(C)OC(C)C2)CC1. The van der Waals surface area contributed by atoms with Crippen LogP contribution in [0.5, 0.6) is 0 Å². The lowest BCUT2D eigenvalue weighted by Crippen LogP contribution is -2.45. The zero-order chi connectivity index (χ0) is 13.0. The second kappa shape index (κ2) is 6.88. The number of nitrogens with one attached hydrogen (secondary N) is 1. The van der Waals surface area contributed by atoms with Crippen LogP contribution in [0, 0.1) is 5.92 Å². The van der Waals surface area contributed by atoms with Crippen molar-refractivity contribution in [1.82, 2.24) is 10.2 Å². The van der Waals surface area contributed by atoms with Crippen molar-refractivity contribution in [3.05, 3.63) is 0 Å². The summed E-state index contributed by atoms with van der Waals surface area (Å²) < 4.78 is 5.77. The van der Waals surface area contributed by atoms with Gasteiger partial charge in [0.25, 0.3) is 0 Å². The van der Waals surface area contributed by atoms with E-state index in [0.29, 0.717) is 18.2 Å². The van der Waals surface area contributed by atoms with Gasteiger partial charge < -0.3 is 15.0 Å². The van der Waals surface area contributed by atoms with Gasteiger partial charge in [-0.1, -0.05) is 6.92 Å². The second-order valence-corrected chi connectivity index (χ2v) is 6.40. The van der Waals surface area contributed by atoms with Crippen molar-refractivity contribution < 1.29 is 4.74 Å². The molecule has 0 aromatic rings. The van der Waals surface area contributed by atoms with Gasteiger partial charge >= 0.3 is 0 Å². The molecule has 106 valence electrons. The molecule has 1 N–H and O–H groups in total. The van der Waals surface area contributed by atoms with Gasteiger partial charge in [-0.25, -0.2) is 0 Å². The fourth-order valence-corrected chi connectivity index (χ4v) is 3.28. The van der Waals surface area contributed by atoms with E-state index in [2.05, 4.69) is 31.0 Å². The third-order valence-corrected chi connectivity index (χ3v) is 4.43. The highest BCUT2D eigenvalue weighted by molar-refractivity contribution is 4.79. The van der Waals surface area contributed by atoms with Crippen molar-refractivity contribution in [3.63, 3.8) is 0 Å². The van der Waals surface area contributed by atoms with Crippen LogP contribution in [0.15, 0.2) is 0 Å². The molecule has 2 saturated heterocycles. The standard InChI is InChI=1S/C15H30N2O/c1-12-4-7-17(8-5-12)9-6-16-15-10-13(2)18-14(3)11-15/h12-16H,4-11H2,1-3H3. The van der Waals surface area contributed by atoms with E-state index in [0.717, 1.165) is 12.5 Å². The number of piperidine rings is 1. The molecule has 2 atom stereocenters. The Morgan fingerprint density at radius 1 is 1.06 bits per heavy atom. The van der Waals surface area contributed by atoms with Gasteiger partial charge in [0.05, 0.1) is 12.2 Å². The molecule has 2 fully saturated rings. The molecule has 0 bridgehead atoms. The van der Waals surface area contributed by atoms with E-state index in [1.165, 1.54) is 45.3 Å². The van der Waals surface area contributed by atoms with E-state index < -0.39 is 0 Å². The fourth-order valence-electron chi connectivity index (χ4n) is 3.28. The number of hydrogen-bond acceptors (Lipinski definition) is 3. The lowest BCUT2D eigenvalue weighted by molar-refractivity contribution is -0.0422. The Morgan fingerprint density at radius 3 is 2.28 bits per heavy atom. The normalized spacial score (nSPS) is 35.8. The molecular formula is C15H30N2O. The minimum atomic E-state index is 0.419. The summed E-state index contributed by atoms with van der Waals surface area (Å²) in [6.07, 6.45) is 5.93. The minimum absolute atomic E-state index is 0.419. The summed E-state index contributed by atoms with van der Waals surface area (Å²) in [5.74, 6) is 0.936. The van der Waals surface area contributed by atoms with Crippen LogP contribution in [0.25, 0.3) is 0 Å². The van der Waals surface area contributed by atoms with Crippen molar-refractivity contribution in [1.29, 1.82) is 0 Å². The molecule has 0 spiro atoms. The Morgan fingerprint density at radius 2 is 1.67 bits per heavy atom. The number of ether oxygens (including phenoxy) is 1. The van der Waals surface area contributed by atoms with E-state index in [1.54, 1.807) is 0 Å². The molecule has 2 aliphatic rings. The average Bonchev–Trinajstić information content (AvgIpc) is 2.30. The van der Waals surface area contributed by atoms with Crippen molar-refractivity contribution in [2.75, 3.05) is 26.2 Å².